The highest BCUT2D eigenvalue weighted by molar-refractivity contribution is 6.06. The molecular weight excluding hydrogens is 484 g/mol. The normalized spacial score (nSPS) is 11.8. The Balaban J connectivity index is 0.000000680. The molecule has 210 valence electrons. The second kappa shape index (κ2) is 18.7. The molecule has 0 aliphatic rings. The van der Waals surface area contributed by atoms with Gasteiger partial charge in [-0.3, -0.25) is 29.1 Å². The minimum atomic E-state index is -0.299. The number of rotatable bonds is 11. The summed E-state index contributed by atoms with van der Waals surface area (Å²) in [6.07, 6.45) is 3.96. The molecule has 2 rings (SSSR count). The van der Waals surface area contributed by atoms with Crippen LogP contribution in [0, 0.1) is 0 Å². The SMILES string of the molecule is CC.CC(CN(C)C)NC(=O)c1cccnc1C=O.CCC(=O)c1cccnc1C(=O)NC(C)CN(C)C. The van der Waals surface area contributed by atoms with E-state index in [2.05, 4.69) is 20.6 Å². The average Bonchev–Trinajstić information content (AvgIpc) is 2.88. The Morgan fingerprint density at radius 1 is 0.842 bits per heavy atom. The third-order valence-electron chi connectivity index (χ3n) is 4.87. The van der Waals surface area contributed by atoms with Crippen molar-refractivity contribution in [2.24, 2.45) is 0 Å². The monoisotopic (exact) mass is 528 g/mol. The van der Waals surface area contributed by atoms with Crippen molar-refractivity contribution in [1.29, 1.82) is 0 Å². The van der Waals surface area contributed by atoms with E-state index in [9.17, 15) is 19.2 Å². The standard InChI is InChI=1S/C14H21N3O2.C12H17N3O2.C2H6/c1-5-12(18)11-7-6-8-15-13(11)14(19)16-10(2)9-17(3)4;1-9(7-15(2)3)14-12(17)10-5-4-6-13-11(10)8-16;1-2/h6-8,10H,5,9H2,1-4H3,(H,16,19);4-6,8-9H,7H2,1-3H3,(H,14,17);1-2H3. The van der Waals surface area contributed by atoms with E-state index in [-0.39, 0.29) is 41.1 Å². The number of aromatic nitrogens is 2. The maximum Gasteiger partial charge on any atom is 0.270 e. The first-order chi connectivity index (χ1) is 18.0. The number of Topliss-reactive ketones (excluding diaryl/α,β-unsaturated/α-hetero) is 1. The fourth-order valence-corrected chi connectivity index (χ4v) is 3.49. The number of carbonyl (C=O) groups is 4. The first-order valence-electron chi connectivity index (χ1n) is 12.8. The molecule has 0 saturated carbocycles. The minimum absolute atomic E-state index is 0.00548. The molecule has 0 radical (unpaired) electrons. The molecule has 2 heterocycles. The van der Waals surface area contributed by atoms with Gasteiger partial charge in [-0.15, -0.1) is 0 Å². The summed E-state index contributed by atoms with van der Waals surface area (Å²) in [7, 11) is 7.75. The van der Waals surface area contributed by atoms with E-state index in [0.29, 0.717) is 23.8 Å². The molecular formula is C28H44N6O4. The summed E-state index contributed by atoms with van der Waals surface area (Å²) in [5.74, 6) is -0.639. The lowest BCUT2D eigenvalue weighted by molar-refractivity contribution is 0.0911. The molecule has 38 heavy (non-hydrogen) atoms. The Labute approximate surface area is 227 Å². The number of hydrogen-bond acceptors (Lipinski definition) is 8. The van der Waals surface area contributed by atoms with E-state index in [4.69, 9.17) is 0 Å². The van der Waals surface area contributed by atoms with Crippen LogP contribution < -0.4 is 10.6 Å². The van der Waals surface area contributed by atoms with Crippen molar-refractivity contribution in [3.8, 4) is 0 Å². The highest BCUT2D eigenvalue weighted by Crippen LogP contribution is 2.09. The van der Waals surface area contributed by atoms with E-state index in [0.717, 1.165) is 13.1 Å². The quantitative estimate of drug-likeness (QED) is 0.337. The number of pyridine rings is 2. The van der Waals surface area contributed by atoms with E-state index < -0.39 is 0 Å². The molecule has 0 bridgehead atoms. The predicted molar refractivity (Wildman–Crippen MR) is 151 cm³/mol. The van der Waals surface area contributed by atoms with Crippen LogP contribution in [-0.4, -0.2) is 97.0 Å². The lowest BCUT2D eigenvalue weighted by atomic mass is 10.1. The average molecular weight is 529 g/mol. The highest BCUT2D eigenvalue weighted by atomic mass is 16.2. The van der Waals surface area contributed by atoms with Gasteiger partial charge in [-0.2, -0.15) is 0 Å². The summed E-state index contributed by atoms with van der Waals surface area (Å²) in [6.45, 7) is 11.1. The number of nitrogens with one attached hydrogen (secondary N) is 2. The summed E-state index contributed by atoms with van der Waals surface area (Å²) in [4.78, 5) is 58.4. The lowest BCUT2D eigenvalue weighted by Gasteiger charge is -2.18. The highest BCUT2D eigenvalue weighted by Gasteiger charge is 2.18. The van der Waals surface area contributed by atoms with Crippen molar-refractivity contribution < 1.29 is 19.2 Å². The number of carbonyl (C=O) groups excluding carboxylic acids is 4. The molecule has 0 fully saturated rings. The Bertz CT molecular complexity index is 1030. The third kappa shape index (κ3) is 12.6. The number of aldehydes is 1. The molecule has 2 atom stereocenters. The van der Waals surface area contributed by atoms with Crippen LogP contribution in [-0.2, 0) is 0 Å². The summed E-state index contributed by atoms with van der Waals surface area (Å²) in [5, 5.41) is 5.67. The van der Waals surface area contributed by atoms with Gasteiger partial charge in [0, 0.05) is 49.6 Å². The van der Waals surface area contributed by atoms with Crippen LogP contribution in [0.2, 0.25) is 0 Å². The summed E-state index contributed by atoms with van der Waals surface area (Å²) >= 11 is 0. The molecule has 2 aromatic heterocycles. The predicted octanol–water partition coefficient (Wildman–Crippen LogP) is 2.95. The zero-order valence-corrected chi connectivity index (χ0v) is 24.2. The lowest BCUT2D eigenvalue weighted by Crippen LogP contribution is -2.40. The molecule has 2 unspecified atom stereocenters. The molecule has 0 spiro atoms. The van der Waals surface area contributed by atoms with Gasteiger partial charge in [-0.1, -0.05) is 20.8 Å². The van der Waals surface area contributed by atoms with Gasteiger partial charge in [0.15, 0.2) is 12.1 Å². The van der Waals surface area contributed by atoms with Crippen LogP contribution >= 0.6 is 0 Å². The van der Waals surface area contributed by atoms with Crippen LogP contribution in [0.4, 0.5) is 0 Å². The molecule has 0 aromatic carbocycles. The largest absolute Gasteiger partial charge is 0.348 e. The number of ketones is 1. The molecule has 2 aromatic rings. The Morgan fingerprint density at radius 3 is 1.79 bits per heavy atom. The molecule has 10 nitrogen and oxygen atoms in total. The van der Waals surface area contributed by atoms with Crippen LogP contribution in [0.5, 0.6) is 0 Å². The molecule has 2 N–H and O–H groups in total. The second-order valence-electron chi connectivity index (χ2n) is 9.00. The topological polar surface area (TPSA) is 125 Å². The fourth-order valence-electron chi connectivity index (χ4n) is 3.49. The van der Waals surface area contributed by atoms with Crippen molar-refractivity contribution >= 4 is 23.9 Å². The number of nitrogens with zero attached hydrogens (tertiary/aromatic N) is 4. The molecule has 0 saturated heterocycles. The first-order valence-corrected chi connectivity index (χ1v) is 12.8. The van der Waals surface area contributed by atoms with Crippen molar-refractivity contribution in [3.05, 3.63) is 59.2 Å². The summed E-state index contributed by atoms with van der Waals surface area (Å²) < 4.78 is 0. The summed E-state index contributed by atoms with van der Waals surface area (Å²) in [6, 6.07) is 6.55. The van der Waals surface area contributed by atoms with Crippen LogP contribution in [0.25, 0.3) is 0 Å². The number of hydrogen-bond donors (Lipinski definition) is 2. The van der Waals surface area contributed by atoms with Crippen molar-refractivity contribution in [3.63, 3.8) is 0 Å². The van der Waals surface area contributed by atoms with Gasteiger partial charge in [0.25, 0.3) is 11.8 Å². The maximum absolute atomic E-state index is 12.1. The Morgan fingerprint density at radius 2 is 1.32 bits per heavy atom. The van der Waals surface area contributed by atoms with Crippen LogP contribution in [0.3, 0.4) is 0 Å². The van der Waals surface area contributed by atoms with Crippen molar-refractivity contribution in [2.75, 3.05) is 41.3 Å². The smallest absolute Gasteiger partial charge is 0.270 e. The van der Waals surface area contributed by atoms with Crippen molar-refractivity contribution in [2.45, 2.75) is 53.1 Å². The van der Waals surface area contributed by atoms with E-state index in [1.165, 1.54) is 12.4 Å². The molecule has 0 aliphatic carbocycles. The summed E-state index contributed by atoms with van der Waals surface area (Å²) in [5.41, 5.74) is 1.08. The Hall–Kier alpha value is -3.50. The van der Waals surface area contributed by atoms with Crippen molar-refractivity contribution in [1.82, 2.24) is 30.4 Å². The maximum atomic E-state index is 12.1. The minimum Gasteiger partial charge on any atom is -0.348 e. The fraction of sp³-hybridized carbons (Fsp3) is 0.500. The number of amides is 2. The molecule has 0 aliphatic heterocycles. The van der Waals surface area contributed by atoms with E-state index >= 15 is 0 Å². The first kappa shape index (κ1) is 34.5. The number of likely N-dealkylation sites (N-methyl/N-ethyl adjacent to an activating group) is 2. The van der Waals surface area contributed by atoms with Crippen LogP contribution in [0.15, 0.2) is 36.7 Å². The van der Waals surface area contributed by atoms with E-state index in [1.807, 2.05) is 65.7 Å². The van der Waals surface area contributed by atoms with Gasteiger partial charge in [0.05, 0.1) is 5.56 Å². The second-order valence-corrected chi connectivity index (χ2v) is 9.00. The van der Waals surface area contributed by atoms with Gasteiger partial charge >= 0.3 is 0 Å². The Kier molecular flexibility index (Phi) is 17.0. The molecule has 10 heteroatoms. The molecule has 2 amide bonds. The van der Waals surface area contributed by atoms with Gasteiger partial charge in [0.2, 0.25) is 0 Å². The van der Waals surface area contributed by atoms with Gasteiger partial charge in [-0.25, -0.2) is 0 Å². The van der Waals surface area contributed by atoms with Gasteiger partial charge in [0.1, 0.15) is 11.4 Å². The van der Waals surface area contributed by atoms with Gasteiger partial charge < -0.3 is 20.4 Å². The third-order valence-corrected chi connectivity index (χ3v) is 4.87. The van der Waals surface area contributed by atoms with Crippen LogP contribution in [0.1, 0.15) is 82.7 Å². The van der Waals surface area contributed by atoms with E-state index in [1.54, 1.807) is 31.2 Å². The van der Waals surface area contributed by atoms with Gasteiger partial charge in [-0.05, 0) is 66.3 Å². The zero-order chi connectivity index (χ0) is 29.3. The zero-order valence-electron chi connectivity index (χ0n) is 24.2.